The van der Waals surface area contributed by atoms with Gasteiger partial charge in [0.05, 0.1) is 40.7 Å². The fraction of sp³-hybridized carbons (Fsp3) is 0.0909. The first-order valence-corrected chi connectivity index (χ1v) is 8.97. The van der Waals surface area contributed by atoms with Gasteiger partial charge in [-0.05, 0) is 43.3 Å². The number of terminal acetylenes is 1. The van der Waals surface area contributed by atoms with E-state index in [1.54, 1.807) is 23.1 Å². The first kappa shape index (κ1) is 16.2. The maximum Gasteiger partial charge on any atom is 0.212 e. The summed E-state index contributed by atoms with van der Waals surface area (Å²) < 4.78 is 1.70. The van der Waals surface area contributed by atoms with Crippen molar-refractivity contribution in [3.63, 3.8) is 0 Å². The zero-order chi connectivity index (χ0) is 19.3. The van der Waals surface area contributed by atoms with Crippen molar-refractivity contribution >= 4 is 28.1 Å². The lowest BCUT2D eigenvalue weighted by Gasteiger charge is -2.04. The number of rotatable bonds is 3. The summed E-state index contributed by atoms with van der Waals surface area (Å²) in [6.45, 7) is 2.05. The molecule has 0 radical (unpaired) electrons. The highest BCUT2D eigenvalue weighted by molar-refractivity contribution is 6.10. The van der Waals surface area contributed by atoms with E-state index >= 15 is 0 Å². The van der Waals surface area contributed by atoms with Crippen LogP contribution in [0.2, 0.25) is 0 Å². The predicted octanol–water partition coefficient (Wildman–Crippen LogP) is 3.75. The summed E-state index contributed by atoms with van der Waals surface area (Å²) >= 11 is 0. The van der Waals surface area contributed by atoms with E-state index in [2.05, 4.69) is 33.6 Å². The zero-order valence-corrected chi connectivity index (χ0v) is 15.2. The van der Waals surface area contributed by atoms with Crippen molar-refractivity contribution in [1.29, 1.82) is 0 Å². The van der Waals surface area contributed by atoms with Crippen molar-refractivity contribution < 1.29 is 4.79 Å². The summed E-state index contributed by atoms with van der Waals surface area (Å²) in [4.78, 5) is 16.1. The second-order valence-corrected chi connectivity index (χ2v) is 6.84. The Labute approximate surface area is 161 Å². The first-order valence-electron chi connectivity index (χ1n) is 8.97. The zero-order valence-electron chi connectivity index (χ0n) is 15.2. The third kappa shape index (κ3) is 2.53. The SMILES string of the molecule is C#Cc1cccc2[nH]c(C(=O)c3cnn(-c4ccc5c(c4)NC(C)N5)c3)cc12. The lowest BCUT2D eigenvalue weighted by molar-refractivity contribution is 0.103. The number of carbonyl (C=O) groups is 1. The number of nitrogens with zero attached hydrogens (tertiary/aromatic N) is 2. The van der Waals surface area contributed by atoms with E-state index in [4.69, 9.17) is 6.42 Å². The predicted molar refractivity (Wildman–Crippen MR) is 110 cm³/mol. The lowest BCUT2D eigenvalue weighted by atomic mass is 10.1. The summed E-state index contributed by atoms with van der Waals surface area (Å²) in [5.41, 5.74) is 5.56. The van der Waals surface area contributed by atoms with Gasteiger partial charge in [0.1, 0.15) is 0 Å². The smallest absolute Gasteiger partial charge is 0.212 e. The molecular formula is C22H17N5O. The van der Waals surface area contributed by atoms with Gasteiger partial charge in [-0.2, -0.15) is 5.10 Å². The second-order valence-electron chi connectivity index (χ2n) is 6.84. The molecule has 1 aliphatic heterocycles. The van der Waals surface area contributed by atoms with Crippen LogP contribution in [-0.2, 0) is 0 Å². The van der Waals surface area contributed by atoms with Gasteiger partial charge in [-0.3, -0.25) is 4.79 Å². The summed E-state index contributed by atoms with van der Waals surface area (Å²) in [5.74, 6) is 2.53. The molecule has 3 heterocycles. The third-order valence-corrected chi connectivity index (χ3v) is 4.92. The van der Waals surface area contributed by atoms with Crippen molar-refractivity contribution in [2.24, 2.45) is 0 Å². The average molecular weight is 367 g/mol. The standard InChI is InChI=1S/C22H17N5O/c1-3-14-5-4-6-18-17(14)10-21(26-18)22(28)15-11-23-27(12-15)16-7-8-19-20(9-16)25-13(2)24-19/h1,4-13,24-26H,2H3. The number of nitrogens with one attached hydrogen (secondary N) is 3. The van der Waals surface area contributed by atoms with Crippen molar-refractivity contribution in [2.45, 2.75) is 13.1 Å². The molecular weight excluding hydrogens is 350 g/mol. The highest BCUT2D eigenvalue weighted by Crippen LogP contribution is 2.30. The van der Waals surface area contributed by atoms with Gasteiger partial charge < -0.3 is 15.6 Å². The molecule has 1 atom stereocenters. The maximum atomic E-state index is 12.9. The minimum absolute atomic E-state index is 0.125. The largest absolute Gasteiger partial charge is 0.364 e. The van der Waals surface area contributed by atoms with Crippen LogP contribution in [0.3, 0.4) is 0 Å². The Bertz CT molecular complexity index is 1270. The molecule has 4 aromatic rings. The average Bonchev–Trinajstić information content (AvgIpc) is 3.42. The minimum atomic E-state index is -0.125. The van der Waals surface area contributed by atoms with Crippen LogP contribution in [-0.4, -0.2) is 26.7 Å². The molecule has 2 aromatic carbocycles. The summed E-state index contributed by atoms with van der Waals surface area (Å²) in [5, 5.41) is 11.9. The quantitative estimate of drug-likeness (QED) is 0.381. The molecule has 0 saturated heterocycles. The van der Waals surface area contributed by atoms with E-state index in [1.165, 1.54) is 0 Å². The van der Waals surface area contributed by atoms with Gasteiger partial charge >= 0.3 is 0 Å². The van der Waals surface area contributed by atoms with E-state index < -0.39 is 0 Å². The van der Waals surface area contributed by atoms with Gasteiger partial charge in [0.25, 0.3) is 0 Å². The Kier molecular flexibility index (Phi) is 3.49. The number of benzene rings is 2. The molecule has 0 aliphatic carbocycles. The van der Waals surface area contributed by atoms with E-state index in [0.29, 0.717) is 11.3 Å². The number of hydrogen-bond acceptors (Lipinski definition) is 4. The molecule has 0 saturated carbocycles. The Morgan fingerprint density at radius 3 is 2.89 bits per heavy atom. The number of anilines is 2. The Balaban J connectivity index is 1.47. The molecule has 6 nitrogen and oxygen atoms in total. The van der Waals surface area contributed by atoms with Crippen molar-refractivity contribution in [3.8, 4) is 18.0 Å². The monoisotopic (exact) mass is 367 g/mol. The molecule has 5 rings (SSSR count). The molecule has 3 N–H and O–H groups in total. The molecule has 136 valence electrons. The summed E-state index contributed by atoms with van der Waals surface area (Å²) in [6.07, 6.45) is 9.07. The Morgan fingerprint density at radius 1 is 1.18 bits per heavy atom. The summed E-state index contributed by atoms with van der Waals surface area (Å²) in [6, 6.07) is 13.4. The highest BCUT2D eigenvalue weighted by atomic mass is 16.1. The van der Waals surface area contributed by atoms with Crippen LogP contribution in [0.4, 0.5) is 11.4 Å². The van der Waals surface area contributed by atoms with Crippen LogP contribution in [0.5, 0.6) is 0 Å². The highest BCUT2D eigenvalue weighted by Gasteiger charge is 2.18. The number of fused-ring (bicyclic) bond motifs is 2. The molecule has 0 spiro atoms. The molecule has 6 heteroatoms. The Morgan fingerprint density at radius 2 is 2.04 bits per heavy atom. The normalized spacial score (nSPS) is 14.9. The second kappa shape index (κ2) is 6.03. The minimum Gasteiger partial charge on any atom is -0.364 e. The number of hydrogen-bond donors (Lipinski definition) is 3. The van der Waals surface area contributed by atoms with E-state index in [-0.39, 0.29) is 11.9 Å². The van der Waals surface area contributed by atoms with Gasteiger partial charge in [0.15, 0.2) is 0 Å². The molecule has 2 aromatic heterocycles. The fourth-order valence-corrected chi connectivity index (χ4v) is 3.56. The van der Waals surface area contributed by atoms with Gasteiger partial charge in [0.2, 0.25) is 5.78 Å². The van der Waals surface area contributed by atoms with Crippen molar-refractivity contribution in [3.05, 3.63) is 71.7 Å². The van der Waals surface area contributed by atoms with Gasteiger partial charge in [-0.15, -0.1) is 6.42 Å². The van der Waals surface area contributed by atoms with Crippen LogP contribution < -0.4 is 10.6 Å². The number of carbonyl (C=O) groups excluding carboxylic acids is 1. The van der Waals surface area contributed by atoms with Crippen LogP contribution in [0.1, 0.15) is 28.5 Å². The van der Waals surface area contributed by atoms with E-state index in [1.807, 2.05) is 36.4 Å². The van der Waals surface area contributed by atoms with Crippen LogP contribution >= 0.6 is 0 Å². The molecule has 0 amide bonds. The van der Waals surface area contributed by atoms with Gasteiger partial charge in [0, 0.05) is 22.7 Å². The number of ketones is 1. The molecule has 0 bridgehead atoms. The van der Waals surface area contributed by atoms with Crippen molar-refractivity contribution in [1.82, 2.24) is 14.8 Å². The topological polar surface area (TPSA) is 74.7 Å². The van der Waals surface area contributed by atoms with Crippen LogP contribution in [0, 0.1) is 12.3 Å². The molecule has 0 fully saturated rings. The molecule has 1 unspecified atom stereocenters. The van der Waals surface area contributed by atoms with Crippen LogP contribution in [0.25, 0.3) is 16.6 Å². The third-order valence-electron chi connectivity index (χ3n) is 4.92. The van der Waals surface area contributed by atoms with Gasteiger partial charge in [-0.1, -0.05) is 12.0 Å². The number of aromatic amines is 1. The number of aromatic nitrogens is 3. The maximum absolute atomic E-state index is 12.9. The molecule has 28 heavy (non-hydrogen) atoms. The Hall–Kier alpha value is -3.98. The lowest BCUT2D eigenvalue weighted by Crippen LogP contribution is -2.16. The molecule has 1 aliphatic rings. The van der Waals surface area contributed by atoms with Crippen molar-refractivity contribution in [2.75, 3.05) is 10.6 Å². The van der Waals surface area contributed by atoms with E-state index in [0.717, 1.165) is 33.5 Å². The van der Waals surface area contributed by atoms with E-state index in [9.17, 15) is 4.79 Å². The van der Waals surface area contributed by atoms with Gasteiger partial charge in [-0.25, -0.2) is 4.68 Å². The van der Waals surface area contributed by atoms with Crippen LogP contribution in [0.15, 0.2) is 54.9 Å². The first-order chi connectivity index (χ1) is 13.6. The summed E-state index contributed by atoms with van der Waals surface area (Å²) in [7, 11) is 0. The fourth-order valence-electron chi connectivity index (χ4n) is 3.56. The number of H-pyrrole nitrogens is 1.